The van der Waals surface area contributed by atoms with E-state index in [1.807, 2.05) is 36.4 Å². The number of fused-ring (bicyclic) bond motifs is 2. The van der Waals surface area contributed by atoms with Crippen LogP contribution in [0.2, 0.25) is 10.3 Å². The average molecular weight is 434 g/mol. The first-order chi connectivity index (χ1) is 12.1. The fourth-order valence-corrected chi connectivity index (χ4v) is 3.19. The number of carbonyl (C=O) groups is 1. The zero-order valence-electron chi connectivity index (χ0n) is 12.8. The third-order valence-corrected chi connectivity index (χ3v) is 4.67. The summed E-state index contributed by atoms with van der Waals surface area (Å²) in [4.78, 5) is 18.6. The van der Waals surface area contributed by atoms with Crippen molar-refractivity contribution in [1.82, 2.24) is 9.97 Å². The average Bonchev–Trinajstić information content (AvgIpc) is 2.62. The molecular formula is C19H11BrCl2N2O. The minimum absolute atomic E-state index is 0.404. The van der Waals surface area contributed by atoms with E-state index >= 15 is 0 Å². The van der Waals surface area contributed by atoms with Crippen LogP contribution in [-0.2, 0) is 0 Å². The highest BCUT2D eigenvalue weighted by molar-refractivity contribution is 9.10. The Morgan fingerprint density at radius 3 is 2.04 bits per heavy atom. The largest absolute Gasteiger partial charge is 0.298 e. The van der Waals surface area contributed by atoms with Gasteiger partial charge in [0.1, 0.15) is 10.3 Å². The zero-order valence-corrected chi connectivity index (χ0v) is 15.9. The molecule has 0 aliphatic heterocycles. The molecule has 0 bridgehead atoms. The molecule has 0 spiro atoms. The summed E-state index contributed by atoms with van der Waals surface area (Å²) in [7, 11) is 0. The van der Waals surface area contributed by atoms with Gasteiger partial charge in [-0.3, -0.25) is 4.79 Å². The topological polar surface area (TPSA) is 42.9 Å². The van der Waals surface area contributed by atoms with E-state index in [1.54, 1.807) is 24.5 Å². The number of halogens is 3. The summed E-state index contributed by atoms with van der Waals surface area (Å²) in [6.45, 7) is 0. The molecule has 0 saturated carbocycles. The molecule has 124 valence electrons. The van der Waals surface area contributed by atoms with Crippen LogP contribution in [0.25, 0.3) is 21.5 Å². The minimum atomic E-state index is 0.404. The van der Waals surface area contributed by atoms with Crippen molar-refractivity contribution in [1.29, 1.82) is 0 Å². The molecule has 0 atom stereocenters. The Morgan fingerprint density at radius 1 is 0.840 bits per heavy atom. The number of pyridine rings is 2. The number of carbonyl (C=O) groups excluding carboxylic acids is 1. The van der Waals surface area contributed by atoms with Crippen LogP contribution in [0.3, 0.4) is 0 Å². The van der Waals surface area contributed by atoms with E-state index in [4.69, 9.17) is 23.2 Å². The van der Waals surface area contributed by atoms with Gasteiger partial charge in [-0.15, -0.1) is 0 Å². The van der Waals surface area contributed by atoms with Crippen molar-refractivity contribution in [3.05, 3.63) is 81.3 Å². The lowest BCUT2D eigenvalue weighted by Gasteiger charge is -1.99. The van der Waals surface area contributed by atoms with Gasteiger partial charge in [-0.2, -0.15) is 0 Å². The number of rotatable bonds is 1. The predicted octanol–water partition coefficient (Wildman–Crippen LogP) is 6.35. The number of nitrogens with zero attached hydrogens (tertiary/aromatic N) is 2. The van der Waals surface area contributed by atoms with Crippen molar-refractivity contribution in [2.45, 2.75) is 0 Å². The van der Waals surface area contributed by atoms with Gasteiger partial charge >= 0.3 is 0 Å². The van der Waals surface area contributed by atoms with Gasteiger partial charge in [0.05, 0.1) is 0 Å². The number of hydrogen-bond acceptors (Lipinski definition) is 3. The van der Waals surface area contributed by atoms with E-state index in [-0.39, 0.29) is 0 Å². The zero-order chi connectivity index (χ0) is 17.8. The molecule has 0 fully saturated rings. The van der Waals surface area contributed by atoms with Gasteiger partial charge in [-0.1, -0.05) is 69.5 Å². The fraction of sp³-hybridized carbons (Fsp3) is 0. The van der Waals surface area contributed by atoms with Crippen LogP contribution in [0, 0.1) is 0 Å². The van der Waals surface area contributed by atoms with Crippen molar-refractivity contribution >= 4 is 67.0 Å². The highest BCUT2D eigenvalue weighted by Gasteiger charge is 2.00. The third kappa shape index (κ3) is 4.15. The van der Waals surface area contributed by atoms with E-state index in [9.17, 15) is 4.79 Å². The molecule has 0 unspecified atom stereocenters. The van der Waals surface area contributed by atoms with Gasteiger partial charge in [0.2, 0.25) is 0 Å². The molecule has 0 amide bonds. The normalized spacial score (nSPS) is 10.4. The van der Waals surface area contributed by atoms with Crippen molar-refractivity contribution in [3.63, 3.8) is 0 Å². The molecule has 2 aromatic heterocycles. The van der Waals surface area contributed by atoms with Crippen LogP contribution >= 0.6 is 39.1 Å². The molecule has 25 heavy (non-hydrogen) atoms. The Kier molecular flexibility index (Phi) is 5.63. The van der Waals surface area contributed by atoms with E-state index in [0.29, 0.717) is 15.9 Å². The van der Waals surface area contributed by atoms with Gasteiger partial charge in [0, 0.05) is 38.6 Å². The Bertz CT molecular complexity index is 1070. The lowest BCUT2D eigenvalue weighted by Crippen LogP contribution is -1.84. The van der Waals surface area contributed by atoms with Crippen LogP contribution in [0.4, 0.5) is 0 Å². The molecule has 4 rings (SSSR count). The number of aromatic nitrogens is 2. The van der Waals surface area contributed by atoms with Gasteiger partial charge in [-0.25, -0.2) is 9.97 Å². The molecule has 0 N–H and O–H groups in total. The Balaban J connectivity index is 0.000000146. The quantitative estimate of drug-likeness (QED) is 0.259. The van der Waals surface area contributed by atoms with Gasteiger partial charge < -0.3 is 0 Å². The highest BCUT2D eigenvalue weighted by Crippen LogP contribution is 2.24. The van der Waals surface area contributed by atoms with Crippen LogP contribution in [0.15, 0.2) is 65.4 Å². The molecule has 0 radical (unpaired) electrons. The van der Waals surface area contributed by atoms with Gasteiger partial charge in [0.15, 0.2) is 6.29 Å². The first-order valence-corrected chi connectivity index (χ1v) is 8.82. The Morgan fingerprint density at radius 2 is 1.40 bits per heavy atom. The molecule has 4 aromatic rings. The summed E-state index contributed by atoms with van der Waals surface area (Å²) < 4.78 is 1.05. The fourth-order valence-electron chi connectivity index (χ4n) is 2.38. The smallest absolute Gasteiger partial charge is 0.150 e. The first kappa shape index (κ1) is 17.8. The summed E-state index contributed by atoms with van der Waals surface area (Å²) in [6, 6.07) is 15.0. The van der Waals surface area contributed by atoms with E-state index in [0.717, 1.165) is 32.3 Å². The Labute approximate surface area is 162 Å². The third-order valence-electron chi connectivity index (χ3n) is 3.57. The highest BCUT2D eigenvalue weighted by atomic mass is 79.9. The van der Waals surface area contributed by atoms with Gasteiger partial charge in [-0.05, 0) is 23.6 Å². The van der Waals surface area contributed by atoms with E-state index < -0.39 is 0 Å². The maximum absolute atomic E-state index is 10.7. The number of aldehydes is 1. The Hall–Kier alpha value is -2.01. The van der Waals surface area contributed by atoms with Crippen LogP contribution < -0.4 is 0 Å². The lowest BCUT2D eigenvalue weighted by atomic mass is 10.1. The van der Waals surface area contributed by atoms with Crippen molar-refractivity contribution in [3.8, 4) is 0 Å². The molecule has 0 saturated heterocycles. The molecule has 3 nitrogen and oxygen atoms in total. The van der Waals surface area contributed by atoms with Crippen molar-refractivity contribution < 1.29 is 4.79 Å². The summed E-state index contributed by atoms with van der Waals surface area (Å²) in [5.41, 5.74) is 0.641. The maximum Gasteiger partial charge on any atom is 0.150 e. The van der Waals surface area contributed by atoms with Gasteiger partial charge in [0.25, 0.3) is 0 Å². The molecule has 0 aliphatic rings. The maximum atomic E-state index is 10.7. The second kappa shape index (κ2) is 7.91. The SMILES string of the molecule is Clc1cc2c(Br)cccc2cn1.O=Cc1cccc2cnc(Cl)cc12. The van der Waals surface area contributed by atoms with Crippen LogP contribution in [0.1, 0.15) is 10.4 Å². The van der Waals surface area contributed by atoms with Crippen LogP contribution in [-0.4, -0.2) is 16.3 Å². The lowest BCUT2D eigenvalue weighted by molar-refractivity contribution is 0.112. The first-order valence-electron chi connectivity index (χ1n) is 7.28. The molecule has 0 aliphatic carbocycles. The summed E-state index contributed by atoms with van der Waals surface area (Å²) >= 11 is 14.9. The van der Waals surface area contributed by atoms with E-state index in [2.05, 4.69) is 25.9 Å². The molecule has 2 aromatic carbocycles. The second-order valence-electron chi connectivity index (χ2n) is 5.16. The molecular weight excluding hydrogens is 423 g/mol. The second-order valence-corrected chi connectivity index (χ2v) is 6.79. The molecule has 2 heterocycles. The molecule has 6 heteroatoms. The van der Waals surface area contributed by atoms with E-state index in [1.165, 1.54) is 0 Å². The van der Waals surface area contributed by atoms with Crippen LogP contribution in [0.5, 0.6) is 0 Å². The predicted molar refractivity (Wildman–Crippen MR) is 107 cm³/mol. The van der Waals surface area contributed by atoms with Crippen molar-refractivity contribution in [2.24, 2.45) is 0 Å². The summed E-state index contributed by atoms with van der Waals surface area (Å²) in [5.74, 6) is 0. The number of benzene rings is 2. The minimum Gasteiger partial charge on any atom is -0.298 e. The summed E-state index contributed by atoms with van der Waals surface area (Å²) in [6.07, 6.45) is 4.24. The standard InChI is InChI=1S/C10H6ClNO.C9H5BrClN/c11-10-4-9-7(5-12-10)2-1-3-8(9)6-13;10-8-3-1-2-6-5-12-9(11)4-7(6)8/h1-6H;1-5H. The van der Waals surface area contributed by atoms with Crippen molar-refractivity contribution in [2.75, 3.05) is 0 Å². The monoisotopic (exact) mass is 432 g/mol. The number of hydrogen-bond donors (Lipinski definition) is 0. The summed E-state index contributed by atoms with van der Waals surface area (Å²) in [5, 5.41) is 4.88.